The van der Waals surface area contributed by atoms with Crippen LogP contribution in [0.3, 0.4) is 0 Å². The molecule has 2 aromatic carbocycles. The number of benzene rings is 2. The number of nitrogens with one attached hydrogen (secondary N) is 1. The SMILES string of the molecule is CCCCOc1ccc(CNC(=O)C(C)c2ccc(CC(C)C)cc2)cc1OC. The van der Waals surface area contributed by atoms with Gasteiger partial charge < -0.3 is 14.8 Å². The van der Waals surface area contributed by atoms with Crippen molar-refractivity contribution in [3.63, 3.8) is 0 Å². The Kier molecular flexibility index (Phi) is 9.04. The average Bonchev–Trinajstić information content (AvgIpc) is 2.72. The molecule has 0 spiro atoms. The van der Waals surface area contributed by atoms with E-state index in [1.807, 2.05) is 25.1 Å². The first-order chi connectivity index (χ1) is 13.9. The highest BCUT2D eigenvalue weighted by Gasteiger charge is 2.15. The summed E-state index contributed by atoms with van der Waals surface area (Å²) < 4.78 is 11.2. The van der Waals surface area contributed by atoms with E-state index in [2.05, 4.69) is 50.4 Å². The maximum Gasteiger partial charge on any atom is 0.227 e. The fraction of sp³-hybridized carbons (Fsp3) is 0.480. The van der Waals surface area contributed by atoms with Gasteiger partial charge in [0.1, 0.15) is 0 Å². The first-order valence-corrected chi connectivity index (χ1v) is 10.6. The first-order valence-electron chi connectivity index (χ1n) is 10.6. The van der Waals surface area contributed by atoms with E-state index in [1.54, 1.807) is 7.11 Å². The second-order valence-corrected chi connectivity index (χ2v) is 7.97. The lowest BCUT2D eigenvalue weighted by atomic mass is 9.96. The zero-order valence-corrected chi connectivity index (χ0v) is 18.5. The summed E-state index contributed by atoms with van der Waals surface area (Å²) in [6, 6.07) is 14.2. The van der Waals surface area contributed by atoms with Crippen LogP contribution in [0.5, 0.6) is 11.5 Å². The van der Waals surface area contributed by atoms with E-state index in [4.69, 9.17) is 9.47 Å². The molecular weight excluding hydrogens is 362 g/mol. The molecule has 0 saturated carbocycles. The van der Waals surface area contributed by atoms with Gasteiger partial charge in [0, 0.05) is 6.54 Å². The molecule has 1 N–H and O–H groups in total. The van der Waals surface area contributed by atoms with Crippen molar-refractivity contribution in [2.75, 3.05) is 13.7 Å². The second-order valence-electron chi connectivity index (χ2n) is 7.97. The molecule has 0 heterocycles. The molecule has 4 heteroatoms. The summed E-state index contributed by atoms with van der Waals surface area (Å²) >= 11 is 0. The second kappa shape index (κ2) is 11.5. The van der Waals surface area contributed by atoms with Crippen molar-refractivity contribution in [2.45, 2.75) is 59.4 Å². The predicted octanol–water partition coefficient (Wildman–Crippen LogP) is 5.49. The van der Waals surface area contributed by atoms with Crippen LogP contribution in [0.2, 0.25) is 0 Å². The molecular formula is C25H35NO3. The van der Waals surface area contributed by atoms with Gasteiger partial charge in [-0.1, -0.05) is 57.5 Å². The fourth-order valence-electron chi connectivity index (χ4n) is 3.18. The average molecular weight is 398 g/mol. The molecule has 1 atom stereocenters. The molecule has 1 unspecified atom stereocenters. The Balaban J connectivity index is 1.93. The zero-order valence-electron chi connectivity index (χ0n) is 18.5. The van der Waals surface area contributed by atoms with Gasteiger partial charge in [0.05, 0.1) is 19.6 Å². The highest BCUT2D eigenvalue weighted by molar-refractivity contribution is 5.83. The summed E-state index contributed by atoms with van der Waals surface area (Å²) in [5.74, 6) is 1.89. The molecule has 0 aromatic heterocycles. The number of unbranched alkanes of at least 4 members (excludes halogenated alkanes) is 1. The summed E-state index contributed by atoms with van der Waals surface area (Å²) in [4.78, 5) is 12.6. The lowest BCUT2D eigenvalue weighted by Gasteiger charge is -2.15. The Morgan fingerprint density at radius 3 is 2.31 bits per heavy atom. The van der Waals surface area contributed by atoms with Crippen molar-refractivity contribution in [1.29, 1.82) is 0 Å². The Morgan fingerprint density at radius 2 is 1.69 bits per heavy atom. The zero-order chi connectivity index (χ0) is 21.2. The van der Waals surface area contributed by atoms with E-state index in [0.717, 1.165) is 36.1 Å². The summed E-state index contributed by atoms with van der Waals surface area (Å²) in [5, 5.41) is 3.03. The molecule has 4 nitrogen and oxygen atoms in total. The molecule has 2 aromatic rings. The maximum atomic E-state index is 12.6. The van der Waals surface area contributed by atoms with Crippen molar-refractivity contribution in [2.24, 2.45) is 5.92 Å². The van der Waals surface area contributed by atoms with Crippen molar-refractivity contribution in [3.8, 4) is 11.5 Å². The minimum absolute atomic E-state index is 0.0175. The topological polar surface area (TPSA) is 47.6 Å². The molecule has 0 aliphatic carbocycles. The molecule has 2 rings (SSSR count). The van der Waals surface area contributed by atoms with Gasteiger partial charge >= 0.3 is 0 Å². The van der Waals surface area contributed by atoms with Gasteiger partial charge in [-0.3, -0.25) is 4.79 Å². The smallest absolute Gasteiger partial charge is 0.227 e. The van der Waals surface area contributed by atoms with Crippen LogP contribution in [0.1, 0.15) is 63.1 Å². The minimum atomic E-state index is -0.193. The molecule has 0 bridgehead atoms. The van der Waals surface area contributed by atoms with Crippen molar-refractivity contribution in [3.05, 3.63) is 59.2 Å². The van der Waals surface area contributed by atoms with Crippen LogP contribution in [0, 0.1) is 5.92 Å². The number of carbonyl (C=O) groups is 1. The van der Waals surface area contributed by atoms with Crippen molar-refractivity contribution < 1.29 is 14.3 Å². The maximum absolute atomic E-state index is 12.6. The number of carbonyl (C=O) groups excluding carboxylic acids is 1. The number of rotatable bonds is 11. The highest BCUT2D eigenvalue weighted by Crippen LogP contribution is 2.28. The molecule has 1 amide bonds. The number of amides is 1. The lowest BCUT2D eigenvalue weighted by Crippen LogP contribution is -2.27. The normalized spacial score (nSPS) is 11.9. The van der Waals surface area contributed by atoms with Crippen LogP contribution in [0.25, 0.3) is 0 Å². The number of methoxy groups -OCH3 is 1. The summed E-state index contributed by atoms with van der Waals surface area (Å²) in [7, 11) is 1.63. The van der Waals surface area contributed by atoms with Crippen LogP contribution in [-0.4, -0.2) is 19.6 Å². The van der Waals surface area contributed by atoms with E-state index < -0.39 is 0 Å². The largest absolute Gasteiger partial charge is 0.493 e. The summed E-state index contributed by atoms with van der Waals surface area (Å²) in [5.41, 5.74) is 3.33. The molecule has 0 fully saturated rings. The highest BCUT2D eigenvalue weighted by atomic mass is 16.5. The van der Waals surface area contributed by atoms with Crippen LogP contribution in [0.4, 0.5) is 0 Å². The lowest BCUT2D eigenvalue weighted by molar-refractivity contribution is -0.122. The van der Waals surface area contributed by atoms with Gasteiger partial charge in [0.25, 0.3) is 0 Å². The Hall–Kier alpha value is -2.49. The quantitative estimate of drug-likeness (QED) is 0.510. The molecule has 0 radical (unpaired) electrons. The Bertz CT molecular complexity index is 768. The molecule has 0 aliphatic rings. The van der Waals surface area contributed by atoms with Crippen molar-refractivity contribution in [1.82, 2.24) is 5.32 Å². The van der Waals surface area contributed by atoms with Crippen LogP contribution in [0.15, 0.2) is 42.5 Å². The fourth-order valence-corrected chi connectivity index (χ4v) is 3.18. The van der Waals surface area contributed by atoms with Gasteiger partial charge in [0.2, 0.25) is 5.91 Å². The van der Waals surface area contributed by atoms with Crippen LogP contribution in [-0.2, 0) is 17.8 Å². The van der Waals surface area contributed by atoms with Gasteiger partial charge in [0.15, 0.2) is 11.5 Å². The number of hydrogen-bond acceptors (Lipinski definition) is 3. The monoisotopic (exact) mass is 397 g/mol. The minimum Gasteiger partial charge on any atom is -0.493 e. The molecule has 158 valence electrons. The van der Waals surface area contributed by atoms with Gasteiger partial charge in [-0.15, -0.1) is 0 Å². The number of ether oxygens (including phenoxy) is 2. The summed E-state index contributed by atoms with van der Waals surface area (Å²) in [6.07, 6.45) is 3.16. The van der Waals surface area contributed by atoms with E-state index in [0.29, 0.717) is 24.8 Å². The third-order valence-corrected chi connectivity index (χ3v) is 4.97. The van der Waals surface area contributed by atoms with Crippen molar-refractivity contribution >= 4 is 5.91 Å². The third kappa shape index (κ3) is 7.12. The predicted molar refractivity (Wildman–Crippen MR) is 119 cm³/mol. The van der Waals surface area contributed by atoms with Crippen LogP contribution >= 0.6 is 0 Å². The van der Waals surface area contributed by atoms with Gasteiger partial charge in [-0.2, -0.15) is 0 Å². The molecule has 29 heavy (non-hydrogen) atoms. The van der Waals surface area contributed by atoms with E-state index in [9.17, 15) is 4.79 Å². The molecule has 0 aliphatic heterocycles. The summed E-state index contributed by atoms with van der Waals surface area (Å²) in [6.45, 7) is 9.63. The van der Waals surface area contributed by atoms with Gasteiger partial charge in [-0.05, 0) is 54.5 Å². The Labute approximate surface area is 175 Å². The van der Waals surface area contributed by atoms with Crippen LogP contribution < -0.4 is 14.8 Å². The Morgan fingerprint density at radius 1 is 1.00 bits per heavy atom. The van der Waals surface area contributed by atoms with Gasteiger partial charge in [-0.25, -0.2) is 0 Å². The first kappa shape index (κ1) is 22.8. The standard InChI is InChI=1S/C25H35NO3/c1-6-7-14-29-23-13-10-21(16-24(23)28-5)17-26-25(27)19(4)22-11-8-20(9-12-22)15-18(2)3/h8-13,16,18-19H,6-7,14-15,17H2,1-5H3,(H,26,27). The number of hydrogen-bond donors (Lipinski definition) is 1. The molecule has 0 saturated heterocycles. The van der Waals surface area contributed by atoms with E-state index >= 15 is 0 Å². The third-order valence-electron chi connectivity index (χ3n) is 4.97. The van der Waals surface area contributed by atoms with E-state index in [1.165, 1.54) is 5.56 Å². The van der Waals surface area contributed by atoms with E-state index in [-0.39, 0.29) is 11.8 Å².